The fourth-order valence-electron chi connectivity index (χ4n) is 2.35. The second kappa shape index (κ2) is 5.61. The van der Waals surface area contributed by atoms with E-state index < -0.39 is 0 Å². The van der Waals surface area contributed by atoms with Gasteiger partial charge in [0.2, 0.25) is 0 Å². The average molecular weight is 212 g/mol. The second-order valence-corrected chi connectivity index (χ2v) is 5.01. The fourth-order valence-corrected chi connectivity index (χ4v) is 2.35. The summed E-state index contributed by atoms with van der Waals surface area (Å²) in [5, 5.41) is 0. The molecule has 0 saturated carbocycles. The first-order valence-corrected chi connectivity index (χ1v) is 5.90. The lowest BCUT2D eigenvalue weighted by Gasteiger charge is -2.39. The number of carbonyl (C=O) groups excluding carboxylic acids is 1. The molecule has 1 fully saturated rings. The van der Waals surface area contributed by atoms with Crippen molar-refractivity contribution in [2.45, 2.75) is 45.2 Å². The highest BCUT2D eigenvalue weighted by molar-refractivity contribution is 5.76. The van der Waals surface area contributed by atoms with Gasteiger partial charge >= 0.3 is 0 Å². The Kier molecular flexibility index (Phi) is 4.74. The minimum absolute atomic E-state index is 0.300. The van der Waals surface area contributed by atoms with Crippen LogP contribution in [0.5, 0.6) is 0 Å². The van der Waals surface area contributed by atoms with Crippen LogP contribution in [0.4, 0.5) is 0 Å². The van der Waals surface area contributed by atoms with Gasteiger partial charge in [-0.1, -0.05) is 0 Å². The molecule has 15 heavy (non-hydrogen) atoms. The molecule has 0 aromatic heterocycles. The van der Waals surface area contributed by atoms with Crippen LogP contribution in [0, 0.1) is 0 Å². The fraction of sp³-hybridized carbons (Fsp3) is 0.917. The van der Waals surface area contributed by atoms with Crippen LogP contribution in [0.15, 0.2) is 0 Å². The molecule has 0 amide bonds. The number of rotatable bonds is 4. The molecule has 3 nitrogen and oxygen atoms in total. The summed E-state index contributed by atoms with van der Waals surface area (Å²) in [6.45, 7) is 6.11. The maximum Gasteiger partial charge on any atom is 0.131 e. The summed E-state index contributed by atoms with van der Waals surface area (Å²) in [5.74, 6) is 0.300. The summed E-state index contributed by atoms with van der Waals surface area (Å²) in [7, 11) is 4.29. The van der Waals surface area contributed by atoms with Crippen molar-refractivity contribution in [3.05, 3.63) is 0 Å². The largest absolute Gasteiger partial charge is 0.305 e. The third-order valence-corrected chi connectivity index (χ3v) is 3.36. The third-order valence-electron chi connectivity index (χ3n) is 3.36. The van der Waals surface area contributed by atoms with E-state index in [2.05, 4.69) is 30.8 Å². The molecule has 0 N–H and O–H groups in total. The Morgan fingerprint density at radius 2 is 2.20 bits per heavy atom. The van der Waals surface area contributed by atoms with Crippen LogP contribution in [-0.4, -0.2) is 54.9 Å². The number of likely N-dealkylation sites (tertiary alicyclic amines) is 1. The zero-order chi connectivity index (χ0) is 11.4. The first-order chi connectivity index (χ1) is 7.00. The van der Waals surface area contributed by atoms with E-state index in [1.165, 1.54) is 12.8 Å². The SMILES string of the molecule is CC(=O)CC(C)N1CCCC(N(C)C)C1. The molecule has 1 aliphatic rings. The van der Waals surface area contributed by atoms with E-state index in [0.29, 0.717) is 24.3 Å². The van der Waals surface area contributed by atoms with Crippen LogP contribution in [-0.2, 0) is 4.79 Å². The smallest absolute Gasteiger partial charge is 0.131 e. The zero-order valence-electron chi connectivity index (χ0n) is 10.5. The monoisotopic (exact) mass is 212 g/mol. The molecule has 0 bridgehead atoms. The molecule has 0 aromatic carbocycles. The Labute approximate surface area is 93.4 Å². The molecule has 1 aliphatic heterocycles. The lowest BCUT2D eigenvalue weighted by molar-refractivity contribution is -0.118. The van der Waals surface area contributed by atoms with Crippen LogP contribution in [0.1, 0.15) is 33.1 Å². The van der Waals surface area contributed by atoms with Gasteiger partial charge in [0.1, 0.15) is 5.78 Å². The number of nitrogens with zero attached hydrogens (tertiary/aromatic N) is 2. The van der Waals surface area contributed by atoms with Gasteiger partial charge < -0.3 is 4.90 Å². The summed E-state index contributed by atoms with van der Waals surface area (Å²) >= 11 is 0. The van der Waals surface area contributed by atoms with Crippen LogP contribution in [0.25, 0.3) is 0 Å². The van der Waals surface area contributed by atoms with Crippen LogP contribution >= 0.6 is 0 Å². The molecule has 3 heteroatoms. The Bertz CT molecular complexity index is 216. The number of hydrogen-bond acceptors (Lipinski definition) is 3. The van der Waals surface area contributed by atoms with Crippen molar-refractivity contribution in [2.75, 3.05) is 27.2 Å². The molecule has 0 spiro atoms. The number of ketones is 1. The Morgan fingerprint density at radius 1 is 1.53 bits per heavy atom. The van der Waals surface area contributed by atoms with E-state index >= 15 is 0 Å². The predicted molar refractivity (Wildman–Crippen MR) is 63.0 cm³/mol. The molecular formula is C12H24N2O. The second-order valence-electron chi connectivity index (χ2n) is 5.01. The van der Waals surface area contributed by atoms with Gasteiger partial charge in [-0.2, -0.15) is 0 Å². The minimum Gasteiger partial charge on any atom is -0.305 e. The summed E-state index contributed by atoms with van der Waals surface area (Å²) in [5.41, 5.74) is 0. The van der Waals surface area contributed by atoms with Crippen LogP contribution < -0.4 is 0 Å². The molecule has 1 heterocycles. The molecule has 2 atom stereocenters. The highest BCUT2D eigenvalue weighted by atomic mass is 16.1. The van der Waals surface area contributed by atoms with Gasteiger partial charge in [0, 0.05) is 25.0 Å². The molecule has 1 saturated heterocycles. The van der Waals surface area contributed by atoms with E-state index in [0.717, 1.165) is 13.1 Å². The number of likely N-dealkylation sites (N-methyl/N-ethyl adjacent to an activating group) is 1. The summed E-state index contributed by atoms with van der Waals surface area (Å²) < 4.78 is 0. The van der Waals surface area contributed by atoms with Crippen molar-refractivity contribution in [1.82, 2.24) is 9.80 Å². The van der Waals surface area contributed by atoms with Crippen LogP contribution in [0.2, 0.25) is 0 Å². The van der Waals surface area contributed by atoms with E-state index in [9.17, 15) is 4.79 Å². The number of carbonyl (C=O) groups is 1. The van der Waals surface area contributed by atoms with Crippen molar-refractivity contribution in [3.8, 4) is 0 Å². The molecule has 0 aromatic rings. The van der Waals surface area contributed by atoms with Gasteiger partial charge in [0.15, 0.2) is 0 Å². The lowest BCUT2D eigenvalue weighted by Crippen LogP contribution is -2.48. The maximum absolute atomic E-state index is 11.1. The van der Waals surface area contributed by atoms with Gasteiger partial charge in [-0.3, -0.25) is 9.69 Å². The van der Waals surface area contributed by atoms with E-state index in [1.54, 1.807) is 6.92 Å². The van der Waals surface area contributed by atoms with Crippen molar-refractivity contribution >= 4 is 5.78 Å². The highest BCUT2D eigenvalue weighted by Gasteiger charge is 2.24. The van der Waals surface area contributed by atoms with Crippen molar-refractivity contribution in [1.29, 1.82) is 0 Å². The average Bonchev–Trinajstić information content (AvgIpc) is 2.17. The Balaban J connectivity index is 2.44. The topological polar surface area (TPSA) is 23.6 Å². The summed E-state index contributed by atoms with van der Waals surface area (Å²) in [4.78, 5) is 15.8. The maximum atomic E-state index is 11.1. The normalized spacial score (nSPS) is 25.5. The standard InChI is InChI=1S/C12H24N2O/c1-10(8-11(2)15)14-7-5-6-12(9-14)13(3)4/h10,12H,5-9H2,1-4H3. The molecule has 0 aliphatic carbocycles. The number of hydrogen-bond donors (Lipinski definition) is 0. The van der Waals surface area contributed by atoms with Crippen molar-refractivity contribution in [3.63, 3.8) is 0 Å². The Hall–Kier alpha value is -0.410. The highest BCUT2D eigenvalue weighted by Crippen LogP contribution is 2.17. The van der Waals surface area contributed by atoms with E-state index in [1.807, 2.05) is 0 Å². The van der Waals surface area contributed by atoms with Crippen LogP contribution in [0.3, 0.4) is 0 Å². The molecule has 0 radical (unpaired) electrons. The van der Waals surface area contributed by atoms with Gasteiger partial charge in [0.25, 0.3) is 0 Å². The zero-order valence-corrected chi connectivity index (χ0v) is 10.5. The molecule has 88 valence electrons. The third kappa shape index (κ3) is 3.92. The number of Topliss-reactive ketones (excluding diaryl/α,β-unsaturated/α-hetero) is 1. The summed E-state index contributed by atoms with van der Waals surface area (Å²) in [6.07, 6.45) is 3.24. The molecule has 2 unspecified atom stereocenters. The predicted octanol–water partition coefficient (Wildman–Crippen LogP) is 1.38. The molecule has 1 rings (SSSR count). The Morgan fingerprint density at radius 3 is 2.73 bits per heavy atom. The van der Waals surface area contributed by atoms with Crippen molar-refractivity contribution < 1.29 is 4.79 Å². The quantitative estimate of drug-likeness (QED) is 0.703. The summed E-state index contributed by atoms with van der Waals surface area (Å²) in [6, 6.07) is 1.07. The first kappa shape index (κ1) is 12.7. The minimum atomic E-state index is 0.300. The van der Waals surface area contributed by atoms with Crippen molar-refractivity contribution in [2.24, 2.45) is 0 Å². The lowest BCUT2D eigenvalue weighted by atomic mass is 10.0. The van der Waals surface area contributed by atoms with E-state index in [-0.39, 0.29) is 0 Å². The van der Waals surface area contributed by atoms with Gasteiger partial charge in [0.05, 0.1) is 0 Å². The van der Waals surface area contributed by atoms with E-state index in [4.69, 9.17) is 0 Å². The van der Waals surface area contributed by atoms with Gasteiger partial charge in [-0.15, -0.1) is 0 Å². The van der Waals surface area contributed by atoms with Gasteiger partial charge in [-0.05, 0) is 47.3 Å². The molecular weight excluding hydrogens is 188 g/mol. The van der Waals surface area contributed by atoms with Gasteiger partial charge in [-0.25, -0.2) is 0 Å². The number of piperidine rings is 1. The first-order valence-electron chi connectivity index (χ1n) is 5.90.